The second-order valence-corrected chi connectivity index (χ2v) is 9.09. The third-order valence-electron chi connectivity index (χ3n) is 6.72. The summed E-state index contributed by atoms with van der Waals surface area (Å²) < 4.78 is 0. The van der Waals surface area contributed by atoms with Crippen LogP contribution in [0.2, 0.25) is 5.02 Å². The van der Waals surface area contributed by atoms with Crippen LogP contribution in [0.3, 0.4) is 0 Å². The molecule has 3 heteroatoms. The summed E-state index contributed by atoms with van der Waals surface area (Å²) in [6, 6.07) is 4.16. The average Bonchev–Trinajstić information content (AvgIpc) is 2.65. The Morgan fingerprint density at radius 1 is 1.14 bits per heavy atom. The van der Waals surface area contributed by atoms with Crippen LogP contribution in [0.4, 0.5) is 0 Å². The van der Waals surface area contributed by atoms with E-state index in [1.807, 2.05) is 0 Å². The van der Waals surface area contributed by atoms with Gasteiger partial charge in [-0.05, 0) is 111 Å². The molecule has 0 unspecified atom stereocenters. The molecule has 1 fully saturated rings. The molecule has 0 heterocycles. The first-order valence-electron chi connectivity index (χ1n) is 10.8. The minimum Gasteiger partial charge on any atom is -0.481 e. The highest BCUT2D eigenvalue weighted by atomic mass is 35.5. The number of hydrogen-bond donors (Lipinski definition) is 1. The fourth-order valence-electron chi connectivity index (χ4n) is 5.31. The number of hydrogen-bond acceptors (Lipinski definition) is 1. The van der Waals surface area contributed by atoms with Crippen LogP contribution in [0.1, 0.15) is 61.6 Å². The third-order valence-corrected chi connectivity index (χ3v) is 6.94. The molecule has 4 atom stereocenters. The highest BCUT2D eigenvalue weighted by molar-refractivity contribution is 6.30. The van der Waals surface area contributed by atoms with E-state index in [2.05, 4.69) is 50.3 Å². The Morgan fingerprint density at radius 2 is 1.82 bits per heavy atom. The van der Waals surface area contributed by atoms with Gasteiger partial charge >= 0.3 is 5.97 Å². The lowest BCUT2D eigenvalue weighted by atomic mass is 9.61. The molecule has 2 bridgehead atoms. The highest BCUT2D eigenvalue weighted by Crippen LogP contribution is 2.47. The van der Waals surface area contributed by atoms with Crippen molar-refractivity contribution in [2.75, 3.05) is 0 Å². The quantitative estimate of drug-likeness (QED) is 0.360. The van der Waals surface area contributed by atoms with Crippen LogP contribution < -0.4 is 0 Å². The molecule has 1 aromatic carbocycles. The Balaban J connectivity index is 1.58. The van der Waals surface area contributed by atoms with Crippen molar-refractivity contribution in [1.29, 1.82) is 0 Å². The molecule has 1 saturated carbocycles. The van der Waals surface area contributed by atoms with Crippen LogP contribution >= 0.6 is 11.6 Å². The van der Waals surface area contributed by atoms with Crippen LogP contribution in [0.25, 0.3) is 0 Å². The molecule has 0 aliphatic heterocycles. The number of benzene rings is 1. The van der Waals surface area contributed by atoms with Gasteiger partial charge in [-0.25, -0.2) is 0 Å². The van der Waals surface area contributed by atoms with E-state index in [1.54, 1.807) is 0 Å². The summed E-state index contributed by atoms with van der Waals surface area (Å²) >= 11 is 6.18. The summed E-state index contributed by atoms with van der Waals surface area (Å²) in [5.74, 6) is 2.04. The molecule has 152 valence electrons. The van der Waals surface area contributed by atoms with E-state index in [0.29, 0.717) is 17.8 Å². The monoisotopic (exact) mass is 400 g/mol. The van der Waals surface area contributed by atoms with Gasteiger partial charge in [0.15, 0.2) is 0 Å². The van der Waals surface area contributed by atoms with Gasteiger partial charge in [0.1, 0.15) is 0 Å². The van der Waals surface area contributed by atoms with Gasteiger partial charge < -0.3 is 5.11 Å². The van der Waals surface area contributed by atoms with Crippen molar-refractivity contribution >= 4 is 17.6 Å². The van der Waals surface area contributed by atoms with Crippen molar-refractivity contribution in [1.82, 2.24) is 0 Å². The minimum absolute atomic E-state index is 0.268. The van der Waals surface area contributed by atoms with E-state index in [4.69, 9.17) is 16.7 Å². The second-order valence-electron chi connectivity index (χ2n) is 8.66. The number of carboxylic acids is 1. The van der Waals surface area contributed by atoms with Gasteiger partial charge in [0, 0.05) is 11.4 Å². The zero-order valence-electron chi connectivity index (χ0n) is 17.2. The fraction of sp³-hybridized carbons (Fsp3) is 0.560. The summed E-state index contributed by atoms with van der Waals surface area (Å²) in [7, 11) is 0. The number of carboxylic acid groups (broad SMARTS) is 1. The van der Waals surface area contributed by atoms with Crippen molar-refractivity contribution in [3.63, 3.8) is 0 Å². The van der Waals surface area contributed by atoms with Gasteiger partial charge in [0.25, 0.3) is 0 Å². The molecule has 0 amide bonds. The Labute approximate surface area is 174 Å². The first kappa shape index (κ1) is 21.2. The number of allylic oxidation sites excluding steroid dienone is 4. The van der Waals surface area contributed by atoms with Crippen molar-refractivity contribution < 1.29 is 9.90 Å². The van der Waals surface area contributed by atoms with Gasteiger partial charge in [-0.3, -0.25) is 4.79 Å². The first-order chi connectivity index (χ1) is 13.5. The molecule has 1 N–H and O–H groups in total. The van der Waals surface area contributed by atoms with Crippen LogP contribution in [-0.2, 0) is 11.2 Å². The summed E-state index contributed by atoms with van der Waals surface area (Å²) in [6.45, 7) is 4.34. The van der Waals surface area contributed by atoms with Crippen LogP contribution in [0, 0.1) is 37.5 Å². The lowest BCUT2D eigenvalue weighted by Gasteiger charge is -2.44. The molecular formula is C25H33ClO2. The maximum absolute atomic E-state index is 10.7. The Hall–Kier alpha value is -1.54. The first-order valence-corrected chi connectivity index (χ1v) is 11.2. The zero-order valence-corrected chi connectivity index (χ0v) is 17.9. The van der Waals surface area contributed by atoms with Crippen molar-refractivity contribution in [3.05, 3.63) is 58.1 Å². The number of aryl methyl sites for hydroxylation is 2. The third kappa shape index (κ3) is 5.29. The van der Waals surface area contributed by atoms with Crippen LogP contribution in [0.5, 0.6) is 0 Å². The standard InChI is InChI=1S/C25H33ClO2/c1-17-15-21(26)16-18(2)22(17)8-6-9-24-20-13-11-19(12-14-20)23(24)7-4-3-5-10-25(27)28/h4,7,11,13,15-16,19-20,23-24H,3,5-6,8-10,12,14H2,1-2H3,(H,27,28)/b7-4-/t19-,20+,23-,24-/m0/s1. The van der Waals surface area contributed by atoms with Gasteiger partial charge in [0.2, 0.25) is 0 Å². The number of carbonyl (C=O) groups is 1. The molecular weight excluding hydrogens is 368 g/mol. The van der Waals surface area contributed by atoms with E-state index < -0.39 is 5.97 Å². The van der Waals surface area contributed by atoms with Gasteiger partial charge in [0.05, 0.1) is 0 Å². The average molecular weight is 401 g/mol. The van der Waals surface area contributed by atoms with Crippen LogP contribution in [-0.4, -0.2) is 11.1 Å². The molecule has 0 saturated heterocycles. The Kier molecular flexibility index (Phi) is 7.40. The molecule has 3 aliphatic carbocycles. The minimum atomic E-state index is -0.696. The molecule has 0 aromatic heterocycles. The van der Waals surface area contributed by atoms with E-state index in [0.717, 1.165) is 30.2 Å². The number of aliphatic carboxylic acids is 1. The molecule has 1 aromatic rings. The van der Waals surface area contributed by atoms with Crippen molar-refractivity contribution in [2.45, 2.75) is 65.2 Å². The molecule has 28 heavy (non-hydrogen) atoms. The van der Waals surface area contributed by atoms with E-state index in [1.165, 1.54) is 42.4 Å². The summed E-state index contributed by atoms with van der Waals surface area (Å²) in [6.07, 6.45) is 17.7. The maximum Gasteiger partial charge on any atom is 0.303 e. The Bertz CT molecular complexity index is 726. The number of fused-ring (bicyclic) bond motifs is 2. The van der Waals surface area contributed by atoms with Crippen molar-refractivity contribution in [3.8, 4) is 0 Å². The summed E-state index contributed by atoms with van der Waals surface area (Å²) in [5, 5.41) is 9.63. The normalized spacial score (nSPS) is 26.2. The SMILES string of the molecule is Cc1cc(Cl)cc(C)c1CCC[C@@H]1[C@@H](/C=C\CCCC(=O)O)[C@H]2C=C[C@@H]1CC2. The Morgan fingerprint density at radius 3 is 2.46 bits per heavy atom. The van der Waals surface area contributed by atoms with Crippen LogP contribution in [0.15, 0.2) is 36.4 Å². The zero-order chi connectivity index (χ0) is 20.1. The van der Waals surface area contributed by atoms with E-state index >= 15 is 0 Å². The van der Waals surface area contributed by atoms with E-state index in [-0.39, 0.29) is 6.42 Å². The summed E-state index contributed by atoms with van der Waals surface area (Å²) in [4.78, 5) is 10.7. The molecule has 3 aliphatic rings. The maximum atomic E-state index is 10.7. The number of rotatable bonds is 9. The highest BCUT2D eigenvalue weighted by Gasteiger charge is 2.38. The molecule has 2 nitrogen and oxygen atoms in total. The van der Waals surface area contributed by atoms with Gasteiger partial charge in [-0.2, -0.15) is 0 Å². The number of halogens is 1. The van der Waals surface area contributed by atoms with Crippen molar-refractivity contribution in [2.24, 2.45) is 23.7 Å². The lowest BCUT2D eigenvalue weighted by Crippen LogP contribution is -2.35. The predicted octanol–water partition coefficient (Wildman–Crippen LogP) is 6.92. The largest absolute Gasteiger partial charge is 0.481 e. The predicted molar refractivity (Wildman–Crippen MR) is 117 cm³/mol. The topological polar surface area (TPSA) is 37.3 Å². The molecule has 0 radical (unpaired) electrons. The van der Waals surface area contributed by atoms with E-state index in [9.17, 15) is 4.79 Å². The smallest absolute Gasteiger partial charge is 0.303 e. The lowest BCUT2D eigenvalue weighted by molar-refractivity contribution is -0.137. The molecule has 0 spiro atoms. The van der Waals surface area contributed by atoms with Gasteiger partial charge in [-0.15, -0.1) is 0 Å². The fourth-order valence-corrected chi connectivity index (χ4v) is 5.64. The van der Waals surface area contributed by atoms with Gasteiger partial charge in [-0.1, -0.05) is 35.9 Å². The second kappa shape index (κ2) is 9.78. The summed E-state index contributed by atoms with van der Waals surface area (Å²) in [5.41, 5.74) is 4.08. The molecule has 4 rings (SSSR count). The number of unbranched alkanes of at least 4 members (excludes halogenated alkanes) is 1.